The summed E-state index contributed by atoms with van der Waals surface area (Å²) in [5.41, 5.74) is 4.67. The second kappa shape index (κ2) is 16.0. The lowest BCUT2D eigenvalue weighted by atomic mass is 9.92. The molecule has 16 nitrogen and oxygen atoms in total. The molecule has 17 heteroatoms. The van der Waals surface area contributed by atoms with Crippen molar-refractivity contribution in [2.24, 2.45) is 5.92 Å². The number of hydrogen-bond acceptors (Lipinski definition) is 14. The minimum atomic E-state index is -4.48. The minimum Gasteiger partial charge on any atom is -0.464 e. The number of hydrogen-bond donors (Lipinski definition) is 4. The second-order valence-electron chi connectivity index (χ2n) is 11.2. The molecule has 2 aromatic heterocycles. The van der Waals surface area contributed by atoms with E-state index < -0.39 is 62.9 Å². The molecule has 0 unspecified atom stereocenters. The number of aromatic nitrogens is 3. The van der Waals surface area contributed by atoms with Crippen LogP contribution in [0.1, 0.15) is 62.2 Å². The van der Waals surface area contributed by atoms with Gasteiger partial charge in [0.2, 0.25) is 5.60 Å². The highest BCUT2D eigenvalue weighted by Crippen LogP contribution is 2.48. The zero-order valence-electron chi connectivity index (χ0n) is 27.1. The van der Waals surface area contributed by atoms with Crippen molar-refractivity contribution < 1.29 is 47.6 Å². The lowest BCUT2D eigenvalue weighted by Gasteiger charge is -2.25. The molecular weight excluding hydrogens is 647 g/mol. The van der Waals surface area contributed by atoms with Gasteiger partial charge in [-0.05, 0) is 43.5 Å². The van der Waals surface area contributed by atoms with E-state index in [2.05, 4.69) is 15.2 Å². The van der Waals surface area contributed by atoms with Gasteiger partial charge in [-0.25, -0.2) is 23.9 Å². The van der Waals surface area contributed by atoms with Crippen LogP contribution in [0.3, 0.4) is 0 Å². The van der Waals surface area contributed by atoms with Gasteiger partial charge in [-0.2, -0.15) is 10.4 Å². The monoisotopic (exact) mass is 688 g/mol. The van der Waals surface area contributed by atoms with Crippen molar-refractivity contribution in [3.05, 3.63) is 59.5 Å². The molecule has 1 aliphatic rings. The Morgan fingerprint density at radius 3 is 2.58 bits per heavy atom. The van der Waals surface area contributed by atoms with Crippen molar-refractivity contribution >= 4 is 31.0 Å². The summed E-state index contributed by atoms with van der Waals surface area (Å²) in [4.78, 5) is 29.3. The fraction of sp³-hybridized carbons (Fsp3) is 0.516. The second-order valence-corrected chi connectivity index (χ2v) is 13.0. The van der Waals surface area contributed by atoms with Crippen LogP contribution in [0.15, 0.2) is 42.7 Å². The molecule has 1 aromatic carbocycles. The van der Waals surface area contributed by atoms with Crippen LogP contribution >= 0.6 is 7.75 Å². The number of carbonyl (C=O) groups excluding carboxylic acids is 2. The van der Waals surface area contributed by atoms with Crippen LogP contribution in [0, 0.1) is 17.2 Å². The first-order chi connectivity index (χ1) is 22.9. The van der Waals surface area contributed by atoms with E-state index in [-0.39, 0.29) is 36.2 Å². The number of ether oxygens (including phenoxy) is 3. The summed E-state index contributed by atoms with van der Waals surface area (Å²) < 4.78 is 43.3. The molecule has 3 aromatic rings. The average molecular weight is 689 g/mol. The first-order valence-electron chi connectivity index (χ1n) is 15.6. The summed E-state index contributed by atoms with van der Waals surface area (Å²) in [7, 11) is -4.48. The van der Waals surface area contributed by atoms with Gasteiger partial charge in [0.15, 0.2) is 5.82 Å². The van der Waals surface area contributed by atoms with Crippen LogP contribution in [0.5, 0.6) is 0 Å². The van der Waals surface area contributed by atoms with Gasteiger partial charge >= 0.3 is 19.7 Å². The van der Waals surface area contributed by atoms with E-state index >= 15 is 0 Å². The molecule has 0 bridgehead atoms. The van der Waals surface area contributed by atoms with E-state index in [0.717, 1.165) is 19.2 Å². The highest BCUT2D eigenvalue weighted by atomic mass is 31.2. The number of benzene rings is 1. The Morgan fingerprint density at radius 1 is 1.17 bits per heavy atom. The number of anilines is 1. The van der Waals surface area contributed by atoms with Crippen LogP contribution in [0.4, 0.5) is 5.82 Å². The standard InChI is InChI=1S/C31H41N6O10P/c1-5-20(6-2)14-44-29(40)19(4)36-48(42,45-15-21-10-8-9-11-22(21)30(41)43-7-3)46-16-24-26(38)27(39)31(17-32,47-24)25-13-12-23-28(33)34-18-35-37(23)25/h8-13,18-20,24,26-27,38-39H,5-7,14-16H2,1-4H3,(H,36,42)(H2,33,34,35)/t19-,24+,26+,27+,31-,48-/m0/s1. The van der Waals surface area contributed by atoms with Gasteiger partial charge < -0.3 is 30.2 Å². The number of aliphatic hydroxyl groups is 2. The van der Waals surface area contributed by atoms with Gasteiger partial charge in [-0.15, -0.1) is 0 Å². The largest absolute Gasteiger partial charge is 0.464 e. The molecule has 0 radical (unpaired) electrons. The molecule has 0 aliphatic carbocycles. The summed E-state index contributed by atoms with van der Waals surface area (Å²) in [6, 6.07) is 10.1. The number of nitriles is 1. The predicted octanol–water partition coefficient (Wildman–Crippen LogP) is 2.63. The maximum absolute atomic E-state index is 14.2. The van der Waals surface area contributed by atoms with Crippen LogP contribution in [0.2, 0.25) is 0 Å². The van der Waals surface area contributed by atoms with Crippen molar-refractivity contribution in [1.29, 1.82) is 5.26 Å². The number of aliphatic hydroxyl groups excluding tert-OH is 2. The smallest absolute Gasteiger partial charge is 0.406 e. The third-order valence-electron chi connectivity index (χ3n) is 8.12. The van der Waals surface area contributed by atoms with E-state index in [1.807, 2.05) is 19.9 Å². The summed E-state index contributed by atoms with van der Waals surface area (Å²) in [6.45, 7) is 6.25. The molecule has 6 atom stereocenters. The molecule has 0 spiro atoms. The molecule has 5 N–H and O–H groups in total. The van der Waals surface area contributed by atoms with Crippen molar-refractivity contribution in [2.75, 3.05) is 25.6 Å². The SMILES string of the molecule is CCOC(=O)c1ccccc1CO[P@@](=O)(N[C@@H](C)C(=O)OCC(CC)CC)OC[C@H]1O[C@@](C#N)(c2ccc3c(N)ncnn23)[C@H](O)[C@@H]1O. The Balaban J connectivity index is 1.57. The van der Waals surface area contributed by atoms with Gasteiger partial charge in [0.25, 0.3) is 0 Å². The fourth-order valence-electron chi connectivity index (χ4n) is 5.18. The number of fused-ring (bicyclic) bond motifs is 1. The quantitative estimate of drug-likeness (QED) is 0.125. The zero-order valence-corrected chi connectivity index (χ0v) is 28.0. The molecule has 48 heavy (non-hydrogen) atoms. The normalized spacial score (nSPS) is 22.7. The summed E-state index contributed by atoms with van der Waals surface area (Å²) in [6.07, 6.45) is -2.15. The Bertz CT molecular complexity index is 1680. The molecule has 260 valence electrons. The Labute approximate surface area is 277 Å². The topological polar surface area (TPSA) is 230 Å². The number of rotatable bonds is 16. The summed E-state index contributed by atoms with van der Waals surface area (Å²) in [5.74, 6) is -1.07. The number of nitrogens with one attached hydrogen (secondary N) is 1. The Morgan fingerprint density at radius 2 is 1.90 bits per heavy atom. The van der Waals surface area contributed by atoms with Gasteiger partial charge in [0.1, 0.15) is 42.3 Å². The average Bonchev–Trinajstić information content (AvgIpc) is 3.63. The summed E-state index contributed by atoms with van der Waals surface area (Å²) >= 11 is 0. The Hall–Kier alpha value is -3.94. The van der Waals surface area contributed by atoms with Crippen LogP contribution < -0.4 is 10.8 Å². The van der Waals surface area contributed by atoms with E-state index in [1.165, 1.54) is 29.6 Å². The number of nitrogen functional groups attached to an aromatic ring is 1. The number of nitrogens with two attached hydrogens (primary N) is 1. The van der Waals surface area contributed by atoms with E-state index in [1.54, 1.807) is 25.1 Å². The zero-order chi connectivity index (χ0) is 35.1. The molecule has 4 rings (SSSR count). The van der Waals surface area contributed by atoms with Crippen molar-refractivity contribution in [2.45, 2.75) is 77.1 Å². The number of esters is 2. The third-order valence-corrected chi connectivity index (χ3v) is 9.78. The van der Waals surface area contributed by atoms with Crippen molar-refractivity contribution in [3.8, 4) is 6.07 Å². The molecule has 1 fully saturated rings. The molecular formula is C31H41N6O10P. The minimum absolute atomic E-state index is 0.0603. The maximum Gasteiger partial charge on any atom is 0.406 e. The van der Waals surface area contributed by atoms with E-state index in [0.29, 0.717) is 11.1 Å². The molecule has 3 heterocycles. The number of nitrogens with zero attached hydrogens (tertiary/aromatic N) is 4. The first-order valence-corrected chi connectivity index (χ1v) is 17.1. The fourth-order valence-corrected chi connectivity index (χ4v) is 6.64. The maximum atomic E-state index is 14.2. The highest BCUT2D eigenvalue weighted by Gasteiger charge is 2.58. The summed E-state index contributed by atoms with van der Waals surface area (Å²) in [5, 5.41) is 39.0. The van der Waals surface area contributed by atoms with Crippen molar-refractivity contribution in [3.63, 3.8) is 0 Å². The van der Waals surface area contributed by atoms with Crippen LogP contribution in [0.25, 0.3) is 5.52 Å². The first kappa shape index (κ1) is 36.9. The lowest BCUT2D eigenvalue weighted by molar-refractivity contribution is -0.146. The van der Waals surface area contributed by atoms with Gasteiger partial charge in [-0.3, -0.25) is 13.8 Å². The predicted molar refractivity (Wildman–Crippen MR) is 170 cm³/mol. The van der Waals surface area contributed by atoms with Gasteiger partial charge in [0, 0.05) is 0 Å². The molecule has 1 saturated heterocycles. The van der Waals surface area contributed by atoms with Gasteiger partial charge in [-0.1, -0.05) is 44.9 Å². The number of carbonyl (C=O) groups is 2. The van der Waals surface area contributed by atoms with E-state index in [9.17, 15) is 29.6 Å². The molecule has 0 amide bonds. The third kappa shape index (κ3) is 7.85. The molecule has 1 aliphatic heterocycles. The lowest BCUT2D eigenvalue weighted by Crippen LogP contribution is -2.41. The Kier molecular flexibility index (Phi) is 12.3. The highest BCUT2D eigenvalue weighted by molar-refractivity contribution is 7.51. The van der Waals surface area contributed by atoms with Crippen LogP contribution in [-0.4, -0.2) is 80.9 Å². The van der Waals surface area contributed by atoms with Crippen molar-refractivity contribution in [1.82, 2.24) is 19.7 Å². The van der Waals surface area contributed by atoms with Crippen LogP contribution in [-0.2, 0) is 44.8 Å². The molecule has 0 saturated carbocycles. The van der Waals surface area contributed by atoms with Gasteiger partial charge in [0.05, 0.1) is 37.7 Å². The van der Waals surface area contributed by atoms with E-state index in [4.69, 9.17) is 29.0 Å².